The van der Waals surface area contributed by atoms with E-state index in [4.69, 9.17) is 0 Å². The van der Waals surface area contributed by atoms with Crippen LogP contribution in [0.4, 0.5) is 0 Å². The van der Waals surface area contributed by atoms with Crippen molar-refractivity contribution in [3.8, 4) is 0 Å². The molecule has 0 heterocycles. The molecule has 1 fully saturated rings. The molecule has 0 bridgehead atoms. The molecular weight excluding hydrogens is 206 g/mol. The van der Waals surface area contributed by atoms with Crippen LogP contribution in [0, 0.1) is 11.8 Å². The standard InChI is InChI=1S/C16H29N/c1-3-17-16(14-7-5-4-6-8-14)15-11-9-13(2)10-12-15/h7,13,15-17H,3-6,8-12H2,1-2H3. The minimum atomic E-state index is 0.702. The summed E-state index contributed by atoms with van der Waals surface area (Å²) in [7, 11) is 0. The summed E-state index contributed by atoms with van der Waals surface area (Å²) in [6, 6.07) is 0.702. The fraction of sp³-hybridized carbons (Fsp3) is 0.875. The number of hydrogen-bond donors (Lipinski definition) is 1. The summed E-state index contributed by atoms with van der Waals surface area (Å²) in [6.45, 7) is 5.79. The molecule has 0 saturated heterocycles. The zero-order valence-corrected chi connectivity index (χ0v) is 11.7. The first-order chi connectivity index (χ1) is 8.31. The molecule has 1 N–H and O–H groups in total. The molecule has 2 aliphatic rings. The number of rotatable bonds is 4. The quantitative estimate of drug-likeness (QED) is 0.717. The molecule has 0 aliphatic heterocycles. The summed E-state index contributed by atoms with van der Waals surface area (Å²) in [4.78, 5) is 0. The molecule has 0 spiro atoms. The van der Waals surface area contributed by atoms with Gasteiger partial charge in [0.1, 0.15) is 0 Å². The molecule has 1 nitrogen and oxygen atoms in total. The highest BCUT2D eigenvalue weighted by atomic mass is 14.9. The Hall–Kier alpha value is -0.300. The van der Waals surface area contributed by atoms with E-state index in [0.717, 1.165) is 18.4 Å². The van der Waals surface area contributed by atoms with E-state index in [9.17, 15) is 0 Å². The van der Waals surface area contributed by atoms with E-state index in [0.29, 0.717) is 6.04 Å². The van der Waals surface area contributed by atoms with Gasteiger partial charge in [0.05, 0.1) is 0 Å². The van der Waals surface area contributed by atoms with Gasteiger partial charge >= 0.3 is 0 Å². The second-order valence-electron chi connectivity index (χ2n) is 6.08. The Morgan fingerprint density at radius 3 is 2.59 bits per heavy atom. The lowest BCUT2D eigenvalue weighted by Gasteiger charge is -2.35. The molecular formula is C16H29N. The Balaban J connectivity index is 1.98. The van der Waals surface area contributed by atoms with Crippen LogP contribution in [0.3, 0.4) is 0 Å². The Morgan fingerprint density at radius 1 is 1.24 bits per heavy atom. The third-order valence-corrected chi connectivity index (χ3v) is 4.68. The summed E-state index contributed by atoms with van der Waals surface area (Å²) in [5.74, 6) is 1.88. The molecule has 0 radical (unpaired) electrons. The van der Waals surface area contributed by atoms with Crippen LogP contribution in [0.1, 0.15) is 65.2 Å². The summed E-state index contributed by atoms with van der Waals surface area (Å²) in [6.07, 6.45) is 13.8. The highest BCUT2D eigenvalue weighted by Gasteiger charge is 2.28. The van der Waals surface area contributed by atoms with Crippen molar-refractivity contribution in [1.82, 2.24) is 5.32 Å². The van der Waals surface area contributed by atoms with Crippen molar-refractivity contribution in [2.24, 2.45) is 11.8 Å². The minimum absolute atomic E-state index is 0.702. The van der Waals surface area contributed by atoms with Crippen molar-refractivity contribution in [1.29, 1.82) is 0 Å². The molecule has 98 valence electrons. The summed E-state index contributed by atoms with van der Waals surface area (Å²) in [5, 5.41) is 3.77. The van der Waals surface area contributed by atoms with Crippen LogP contribution in [0.5, 0.6) is 0 Å². The predicted octanol–water partition coefficient (Wildman–Crippen LogP) is 4.29. The van der Waals surface area contributed by atoms with E-state index in [1.165, 1.54) is 51.4 Å². The largest absolute Gasteiger partial charge is 0.310 e. The maximum Gasteiger partial charge on any atom is 0.0307 e. The van der Waals surface area contributed by atoms with Gasteiger partial charge < -0.3 is 5.32 Å². The summed E-state index contributed by atoms with van der Waals surface area (Å²) < 4.78 is 0. The first-order valence-electron chi connectivity index (χ1n) is 7.73. The molecule has 1 heteroatoms. The summed E-state index contributed by atoms with van der Waals surface area (Å²) >= 11 is 0. The molecule has 0 aromatic rings. The number of hydrogen-bond acceptors (Lipinski definition) is 1. The lowest BCUT2D eigenvalue weighted by molar-refractivity contribution is 0.245. The topological polar surface area (TPSA) is 12.0 Å². The SMILES string of the molecule is CCNC(C1=CCCCC1)C1CCC(C)CC1. The van der Waals surface area contributed by atoms with Gasteiger partial charge in [-0.1, -0.05) is 38.3 Å². The maximum atomic E-state index is 3.77. The van der Waals surface area contributed by atoms with E-state index in [1.54, 1.807) is 5.57 Å². The van der Waals surface area contributed by atoms with Crippen molar-refractivity contribution in [3.05, 3.63) is 11.6 Å². The average molecular weight is 235 g/mol. The number of nitrogens with one attached hydrogen (secondary N) is 1. The molecule has 0 aromatic carbocycles. The predicted molar refractivity (Wildman–Crippen MR) is 75.1 cm³/mol. The van der Waals surface area contributed by atoms with Crippen molar-refractivity contribution in [3.63, 3.8) is 0 Å². The Kier molecular flexibility index (Phi) is 5.09. The zero-order chi connectivity index (χ0) is 12.1. The first-order valence-corrected chi connectivity index (χ1v) is 7.73. The maximum absolute atomic E-state index is 3.77. The molecule has 1 unspecified atom stereocenters. The number of allylic oxidation sites excluding steroid dienone is 1. The van der Waals surface area contributed by atoms with Crippen LogP contribution in [0.2, 0.25) is 0 Å². The molecule has 2 aliphatic carbocycles. The zero-order valence-electron chi connectivity index (χ0n) is 11.7. The Bertz CT molecular complexity index is 248. The van der Waals surface area contributed by atoms with Crippen LogP contribution in [0.25, 0.3) is 0 Å². The van der Waals surface area contributed by atoms with Gasteiger partial charge in [-0.05, 0) is 56.9 Å². The van der Waals surface area contributed by atoms with Crippen molar-refractivity contribution in [2.45, 2.75) is 71.3 Å². The van der Waals surface area contributed by atoms with E-state index in [2.05, 4.69) is 25.2 Å². The Morgan fingerprint density at radius 2 is 2.00 bits per heavy atom. The highest BCUT2D eigenvalue weighted by molar-refractivity contribution is 5.15. The fourth-order valence-electron chi connectivity index (χ4n) is 3.59. The molecule has 1 atom stereocenters. The van der Waals surface area contributed by atoms with E-state index < -0.39 is 0 Å². The van der Waals surface area contributed by atoms with E-state index in [-0.39, 0.29) is 0 Å². The molecule has 0 aromatic heterocycles. The van der Waals surface area contributed by atoms with Gasteiger partial charge in [-0.2, -0.15) is 0 Å². The second-order valence-corrected chi connectivity index (χ2v) is 6.08. The van der Waals surface area contributed by atoms with Gasteiger partial charge in [0, 0.05) is 6.04 Å². The Labute approximate surface area is 107 Å². The fourth-order valence-corrected chi connectivity index (χ4v) is 3.59. The summed E-state index contributed by atoms with van der Waals surface area (Å²) in [5.41, 5.74) is 1.73. The lowest BCUT2D eigenvalue weighted by Crippen LogP contribution is -2.39. The lowest BCUT2D eigenvalue weighted by atomic mass is 9.75. The molecule has 17 heavy (non-hydrogen) atoms. The van der Waals surface area contributed by atoms with E-state index >= 15 is 0 Å². The van der Waals surface area contributed by atoms with Gasteiger partial charge in [-0.25, -0.2) is 0 Å². The smallest absolute Gasteiger partial charge is 0.0307 e. The molecule has 1 saturated carbocycles. The van der Waals surface area contributed by atoms with Crippen molar-refractivity contribution in [2.75, 3.05) is 6.54 Å². The molecule has 2 rings (SSSR count). The van der Waals surface area contributed by atoms with Crippen molar-refractivity contribution < 1.29 is 0 Å². The third-order valence-electron chi connectivity index (χ3n) is 4.68. The van der Waals surface area contributed by atoms with Crippen LogP contribution < -0.4 is 5.32 Å². The highest BCUT2D eigenvalue weighted by Crippen LogP contribution is 2.34. The minimum Gasteiger partial charge on any atom is -0.310 e. The van der Waals surface area contributed by atoms with Gasteiger partial charge in [0.25, 0.3) is 0 Å². The van der Waals surface area contributed by atoms with Gasteiger partial charge in [0.2, 0.25) is 0 Å². The van der Waals surface area contributed by atoms with Crippen molar-refractivity contribution >= 4 is 0 Å². The van der Waals surface area contributed by atoms with E-state index in [1.807, 2.05) is 0 Å². The molecule has 0 amide bonds. The normalized spacial score (nSPS) is 32.0. The van der Waals surface area contributed by atoms with Crippen LogP contribution in [0.15, 0.2) is 11.6 Å². The van der Waals surface area contributed by atoms with Gasteiger partial charge in [-0.15, -0.1) is 0 Å². The number of likely N-dealkylation sites (N-methyl/N-ethyl adjacent to an activating group) is 1. The second kappa shape index (κ2) is 6.58. The van der Waals surface area contributed by atoms with Crippen LogP contribution in [-0.2, 0) is 0 Å². The first kappa shape index (κ1) is 13.1. The van der Waals surface area contributed by atoms with Crippen LogP contribution in [-0.4, -0.2) is 12.6 Å². The monoisotopic (exact) mass is 235 g/mol. The third kappa shape index (κ3) is 3.58. The van der Waals surface area contributed by atoms with Gasteiger partial charge in [0.15, 0.2) is 0 Å². The van der Waals surface area contributed by atoms with Gasteiger partial charge in [-0.3, -0.25) is 0 Å². The average Bonchev–Trinajstić information content (AvgIpc) is 2.38. The van der Waals surface area contributed by atoms with Crippen LogP contribution >= 0.6 is 0 Å².